The van der Waals surface area contributed by atoms with Gasteiger partial charge in [0.25, 0.3) is 0 Å². The van der Waals surface area contributed by atoms with Crippen molar-refractivity contribution in [3.8, 4) is 0 Å². The van der Waals surface area contributed by atoms with Crippen molar-refractivity contribution in [3.05, 3.63) is 28.2 Å². The Morgan fingerprint density at radius 2 is 2.00 bits per heavy atom. The first-order valence-corrected chi connectivity index (χ1v) is 7.33. The Hall–Kier alpha value is -0.540. The van der Waals surface area contributed by atoms with Gasteiger partial charge in [-0.15, -0.1) is 0 Å². The minimum absolute atomic E-state index is 0.616. The van der Waals surface area contributed by atoms with Crippen LogP contribution in [0.3, 0.4) is 0 Å². The molecule has 0 aliphatic heterocycles. The van der Waals surface area contributed by atoms with Crippen molar-refractivity contribution < 1.29 is 0 Å². The van der Waals surface area contributed by atoms with Crippen LogP contribution in [0.2, 0.25) is 0 Å². The van der Waals surface area contributed by atoms with Crippen LogP contribution in [0.25, 0.3) is 0 Å². The Morgan fingerprint density at radius 3 is 2.59 bits per heavy atom. The first-order chi connectivity index (χ1) is 8.29. The van der Waals surface area contributed by atoms with Crippen molar-refractivity contribution in [1.82, 2.24) is 0 Å². The van der Waals surface area contributed by atoms with E-state index in [4.69, 9.17) is 5.73 Å². The highest BCUT2D eigenvalue weighted by Crippen LogP contribution is 2.40. The molecule has 3 heteroatoms. The molecule has 0 spiro atoms. The van der Waals surface area contributed by atoms with Gasteiger partial charge in [-0.05, 0) is 43.7 Å². The monoisotopic (exact) mass is 294 g/mol. The predicted octanol–water partition coefficient (Wildman–Crippen LogP) is 3.29. The van der Waals surface area contributed by atoms with Crippen molar-refractivity contribution in [3.63, 3.8) is 0 Å². The molecule has 0 amide bonds. The topological polar surface area (TPSA) is 29.3 Å². The highest BCUT2D eigenvalue weighted by Gasteiger charge is 2.34. The van der Waals surface area contributed by atoms with Crippen LogP contribution >= 0.6 is 15.9 Å². The van der Waals surface area contributed by atoms with E-state index in [2.05, 4.69) is 39.0 Å². The first-order valence-electron chi connectivity index (χ1n) is 6.53. The number of hydrogen-bond donors (Lipinski definition) is 1. The van der Waals surface area contributed by atoms with Crippen molar-refractivity contribution in [2.24, 2.45) is 11.7 Å². The van der Waals surface area contributed by atoms with Crippen LogP contribution in [0.15, 0.2) is 22.7 Å². The van der Waals surface area contributed by atoms with Crippen LogP contribution in [-0.4, -0.2) is 12.6 Å². The van der Waals surface area contributed by atoms with E-state index in [1.54, 1.807) is 0 Å². The van der Waals surface area contributed by atoms with Gasteiger partial charge in [-0.1, -0.05) is 22.0 Å². The average molecular weight is 295 g/mol. The highest BCUT2D eigenvalue weighted by atomic mass is 79.9. The van der Waals surface area contributed by atoms with Gasteiger partial charge in [-0.25, -0.2) is 0 Å². The molecule has 1 aromatic carbocycles. The van der Waals surface area contributed by atoms with E-state index in [9.17, 15) is 0 Å². The maximum atomic E-state index is 5.90. The minimum Gasteiger partial charge on any atom is -0.368 e. The lowest BCUT2D eigenvalue weighted by Gasteiger charge is -2.27. The second kappa shape index (κ2) is 4.62. The van der Waals surface area contributed by atoms with Gasteiger partial charge in [0.1, 0.15) is 0 Å². The highest BCUT2D eigenvalue weighted by molar-refractivity contribution is 9.10. The summed E-state index contributed by atoms with van der Waals surface area (Å²) in [5.41, 5.74) is 8.52. The molecule has 0 heterocycles. The van der Waals surface area contributed by atoms with Crippen molar-refractivity contribution >= 4 is 21.6 Å². The molecule has 2 fully saturated rings. The van der Waals surface area contributed by atoms with Crippen LogP contribution in [-0.2, 0) is 6.54 Å². The first kappa shape index (κ1) is 11.5. The standard InChI is InChI=1S/C14H19BrN2/c15-13-2-1-3-14(12(13)8-16)17(11-6-7-11)9-10-4-5-10/h1-3,10-11H,4-9,16H2. The van der Waals surface area contributed by atoms with Gasteiger partial charge in [-0.3, -0.25) is 0 Å². The maximum Gasteiger partial charge on any atom is 0.0425 e. The Morgan fingerprint density at radius 1 is 1.24 bits per heavy atom. The van der Waals surface area contributed by atoms with Gasteiger partial charge in [0.2, 0.25) is 0 Å². The van der Waals surface area contributed by atoms with Crippen molar-refractivity contribution in [2.45, 2.75) is 38.3 Å². The lowest BCUT2D eigenvalue weighted by molar-refractivity contribution is 0.714. The molecule has 0 unspecified atom stereocenters. The zero-order chi connectivity index (χ0) is 11.8. The summed E-state index contributed by atoms with van der Waals surface area (Å²) in [4.78, 5) is 2.60. The van der Waals surface area contributed by atoms with Gasteiger partial charge < -0.3 is 10.6 Å². The Balaban J connectivity index is 1.90. The van der Waals surface area contributed by atoms with Crippen LogP contribution in [0.4, 0.5) is 5.69 Å². The zero-order valence-electron chi connectivity index (χ0n) is 10.0. The number of anilines is 1. The summed E-state index contributed by atoms with van der Waals surface area (Å²) in [6.45, 7) is 1.85. The fraction of sp³-hybridized carbons (Fsp3) is 0.571. The molecule has 0 saturated heterocycles. The van der Waals surface area contributed by atoms with E-state index in [1.807, 2.05) is 0 Å². The molecule has 2 aliphatic rings. The van der Waals surface area contributed by atoms with E-state index in [0.717, 1.165) is 16.4 Å². The van der Waals surface area contributed by atoms with E-state index >= 15 is 0 Å². The van der Waals surface area contributed by atoms with Gasteiger partial charge in [0.05, 0.1) is 0 Å². The van der Waals surface area contributed by atoms with Crippen LogP contribution in [0, 0.1) is 5.92 Å². The molecule has 3 rings (SSSR count). The maximum absolute atomic E-state index is 5.90. The number of rotatable bonds is 5. The lowest BCUT2D eigenvalue weighted by atomic mass is 10.1. The predicted molar refractivity (Wildman–Crippen MR) is 75.1 cm³/mol. The fourth-order valence-corrected chi connectivity index (χ4v) is 2.94. The molecule has 2 aliphatic carbocycles. The van der Waals surface area contributed by atoms with Gasteiger partial charge in [0, 0.05) is 34.9 Å². The summed E-state index contributed by atoms with van der Waals surface area (Å²) in [6.07, 6.45) is 5.52. The third-order valence-corrected chi connectivity index (χ3v) is 4.49. The zero-order valence-corrected chi connectivity index (χ0v) is 11.6. The third kappa shape index (κ3) is 2.50. The van der Waals surface area contributed by atoms with E-state index < -0.39 is 0 Å². The molecule has 17 heavy (non-hydrogen) atoms. The van der Waals surface area contributed by atoms with Crippen LogP contribution in [0.5, 0.6) is 0 Å². The summed E-state index contributed by atoms with van der Waals surface area (Å²) in [7, 11) is 0. The largest absolute Gasteiger partial charge is 0.368 e. The molecule has 2 N–H and O–H groups in total. The van der Waals surface area contributed by atoms with Crippen LogP contribution < -0.4 is 10.6 Å². The van der Waals surface area contributed by atoms with Crippen molar-refractivity contribution in [1.29, 1.82) is 0 Å². The smallest absolute Gasteiger partial charge is 0.0425 e. The number of nitrogens with two attached hydrogens (primary N) is 1. The molecule has 0 radical (unpaired) electrons. The summed E-state index contributed by atoms with van der Waals surface area (Å²) in [5, 5.41) is 0. The molecular weight excluding hydrogens is 276 g/mol. The fourth-order valence-electron chi connectivity index (χ4n) is 2.43. The molecule has 0 aromatic heterocycles. The molecular formula is C14H19BrN2. The second-order valence-corrected chi connectivity index (χ2v) is 6.12. The summed E-state index contributed by atoms with van der Waals surface area (Å²) < 4.78 is 1.15. The summed E-state index contributed by atoms with van der Waals surface area (Å²) in [6, 6.07) is 7.22. The molecule has 0 bridgehead atoms. The summed E-state index contributed by atoms with van der Waals surface area (Å²) >= 11 is 3.62. The van der Waals surface area contributed by atoms with Gasteiger partial charge in [-0.2, -0.15) is 0 Å². The number of benzene rings is 1. The number of nitrogens with zero attached hydrogens (tertiary/aromatic N) is 1. The molecule has 2 saturated carbocycles. The lowest BCUT2D eigenvalue weighted by Crippen LogP contribution is -2.29. The average Bonchev–Trinajstić information content (AvgIpc) is 3.17. The number of halogens is 1. The van der Waals surface area contributed by atoms with Crippen LogP contribution in [0.1, 0.15) is 31.2 Å². The SMILES string of the molecule is NCc1c(Br)cccc1N(CC1CC1)C1CC1. The molecule has 1 aromatic rings. The minimum atomic E-state index is 0.616. The number of hydrogen-bond acceptors (Lipinski definition) is 2. The van der Waals surface area contributed by atoms with Gasteiger partial charge >= 0.3 is 0 Å². The normalized spacial score (nSPS) is 19.4. The van der Waals surface area contributed by atoms with E-state index in [-0.39, 0.29) is 0 Å². The molecule has 2 nitrogen and oxygen atoms in total. The van der Waals surface area contributed by atoms with E-state index in [1.165, 1.54) is 43.5 Å². The second-order valence-electron chi connectivity index (χ2n) is 5.27. The Bertz CT molecular complexity index is 411. The van der Waals surface area contributed by atoms with E-state index in [0.29, 0.717) is 6.54 Å². The third-order valence-electron chi connectivity index (χ3n) is 3.75. The molecule has 0 atom stereocenters. The molecule has 92 valence electrons. The Labute approximate surface area is 111 Å². The Kier molecular flexibility index (Phi) is 3.14. The summed E-state index contributed by atoms with van der Waals surface area (Å²) in [5.74, 6) is 0.931. The van der Waals surface area contributed by atoms with Crippen molar-refractivity contribution in [2.75, 3.05) is 11.4 Å². The van der Waals surface area contributed by atoms with Gasteiger partial charge in [0.15, 0.2) is 0 Å². The quantitative estimate of drug-likeness (QED) is 0.903.